The van der Waals surface area contributed by atoms with E-state index in [0.29, 0.717) is 49.2 Å². The molecule has 1 fully saturated rings. The van der Waals surface area contributed by atoms with Crippen molar-refractivity contribution in [3.63, 3.8) is 0 Å². The molecule has 1 saturated heterocycles. The van der Waals surface area contributed by atoms with Crippen molar-refractivity contribution >= 4 is 41.1 Å². The van der Waals surface area contributed by atoms with Gasteiger partial charge in [0, 0.05) is 45.2 Å². The normalized spacial score (nSPS) is 15.5. The highest BCUT2D eigenvalue weighted by Gasteiger charge is 2.22. The zero-order valence-electron chi connectivity index (χ0n) is 16.1. The average molecular weight is 428 g/mol. The van der Waals surface area contributed by atoms with Crippen molar-refractivity contribution in [2.75, 3.05) is 52.9 Å². The molecule has 1 N–H and O–H groups in total. The molecule has 8 heteroatoms. The summed E-state index contributed by atoms with van der Waals surface area (Å²) < 4.78 is 0. The molecule has 2 amide bonds. The first kappa shape index (κ1) is 22.7. The van der Waals surface area contributed by atoms with E-state index in [0.717, 1.165) is 18.5 Å². The van der Waals surface area contributed by atoms with Crippen LogP contribution in [-0.4, -0.2) is 84.5 Å². The first-order valence-corrected chi connectivity index (χ1v) is 10.2. The maximum absolute atomic E-state index is 12.5. The predicted molar refractivity (Wildman–Crippen MR) is 112 cm³/mol. The van der Waals surface area contributed by atoms with Crippen molar-refractivity contribution in [2.45, 2.75) is 12.8 Å². The minimum atomic E-state index is -0.122. The molecule has 1 heterocycles. The molecular weight excluding hydrogens is 401 g/mol. The minimum absolute atomic E-state index is 0.0774. The second kappa shape index (κ2) is 11.4. The lowest BCUT2D eigenvalue weighted by atomic mass is 10.2. The standard InChI is InChI=1S/C20H27Cl2N3O3/c1-23(13-14-26)8-2-9-24-11-12-25(10-7-20(24)28)19(27)6-4-16-3-5-17(21)18(22)15-16/h3-6,15,26H,2,7-14H2,1H3. The molecule has 1 aliphatic rings. The summed E-state index contributed by atoms with van der Waals surface area (Å²) >= 11 is 11.9. The number of carbonyl (C=O) groups is 2. The average Bonchev–Trinajstić information content (AvgIpc) is 2.85. The number of amides is 2. The molecular formula is C20H27Cl2N3O3. The first-order chi connectivity index (χ1) is 13.4. The van der Waals surface area contributed by atoms with Gasteiger partial charge in [0.2, 0.25) is 11.8 Å². The van der Waals surface area contributed by atoms with Crippen LogP contribution in [0.5, 0.6) is 0 Å². The van der Waals surface area contributed by atoms with Gasteiger partial charge < -0.3 is 19.8 Å². The molecule has 1 aromatic carbocycles. The number of benzene rings is 1. The Balaban J connectivity index is 1.85. The van der Waals surface area contributed by atoms with Crippen LogP contribution in [0, 0.1) is 0 Å². The van der Waals surface area contributed by atoms with Gasteiger partial charge in [0.1, 0.15) is 0 Å². The number of aliphatic hydroxyl groups is 1. The number of carbonyl (C=O) groups excluding carboxylic acids is 2. The fraction of sp³-hybridized carbons (Fsp3) is 0.500. The summed E-state index contributed by atoms with van der Waals surface area (Å²) in [6.45, 7) is 3.71. The summed E-state index contributed by atoms with van der Waals surface area (Å²) in [5.41, 5.74) is 0.794. The van der Waals surface area contributed by atoms with Crippen LogP contribution in [0.15, 0.2) is 24.3 Å². The Bertz CT molecular complexity index is 712. The lowest BCUT2D eigenvalue weighted by molar-refractivity contribution is -0.130. The zero-order valence-corrected chi connectivity index (χ0v) is 17.6. The van der Waals surface area contributed by atoms with Crippen LogP contribution in [0.3, 0.4) is 0 Å². The molecule has 1 aromatic rings. The predicted octanol–water partition coefficient (Wildman–Crippen LogP) is 2.38. The largest absolute Gasteiger partial charge is 0.395 e. The fourth-order valence-corrected chi connectivity index (χ4v) is 3.33. The maximum Gasteiger partial charge on any atom is 0.246 e. The molecule has 6 nitrogen and oxygen atoms in total. The van der Waals surface area contributed by atoms with Crippen LogP contribution in [0.1, 0.15) is 18.4 Å². The van der Waals surface area contributed by atoms with Gasteiger partial charge >= 0.3 is 0 Å². The van der Waals surface area contributed by atoms with Crippen molar-refractivity contribution < 1.29 is 14.7 Å². The van der Waals surface area contributed by atoms with Gasteiger partial charge in [-0.25, -0.2) is 0 Å². The van der Waals surface area contributed by atoms with E-state index in [1.807, 2.05) is 16.8 Å². The summed E-state index contributed by atoms with van der Waals surface area (Å²) in [5.74, 6) is -0.0445. The fourth-order valence-electron chi connectivity index (χ4n) is 3.03. The second-order valence-corrected chi connectivity index (χ2v) is 7.66. The molecule has 2 rings (SSSR count). The molecule has 0 aromatic heterocycles. The lowest BCUT2D eigenvalue weighted by Crippen LogP contribution is -2.36. The molecule has 0 bridgehead atoms. The van der Waals surface area contributed by atoms with Crippen molar-refractivity contribution in [1.82, 2.24) is 14.7 Å². The SMILES string of the molecule is CN(CCO)CCCN1CCN(C(=O)C=Cc2ccc(Cl)c(Cl)c2)CCC1=O. The van der Waals surface area contributed by atoms with Gasteiger partial charge in [0.25, 0.3) is 0 Å². The molecule has 154 valence electrons. The van der Waals surface area contributed by atoms with E-state index in [-0.39, 0.29) is 18.4 Å². The number of nitrogens with zero attached hydrogens (tertiary/aromatic N) is 3. The summed E-state index contributed by atoms with van der Waals surface area (Å²) in [7, 11) is 1.95. The Hall–Kier alpha value is -1.60. The molecule has 28 heavy (non-hydrogen) atoms. The second-order valence-electron chi connectivity index (χ2n) is 6.84. The van der Waals surface area contributed by atoms with Crippen LogP contribution in [0.25, 0.3) is 6.08 Å². The van der Waals surface area contributed by atoms with E-state index in [2.05, 4.69) is 0 Å². The molecule has 0 atom stereocenters. The van der Waals surface area contributed by atoms with E-state index in [1.54, 1.807) is 29.2 Å². The van der Waals surface area contributed by atoms with Crippen molar-refractivity contribution in [2.24, 2.45) is 0 Å². The summed E-state index contributed by atoms with van der Waals surface area (Å²) in [6, 6.07) is 5.18. The smallest absolute Gasteiger partial charge is 0.246 e. The molecule has 0 spiro atoms. The van der Waals surface area contributed by atoms with Crippen LogP contribution in [-0.2, 0) is 9.59 Å². The van der Waals surface area contributed by atoms with Crippen LogP contribution in [0.2, 0.25) is 10.0 Å². The Morgan fingerprint density at radius 1 is 1.21 bits per heavy atom. The number of rotatable bonds is 8. The highest BCUT2D eigenvalue weighted by Crippen LogP contribution is 2.23. The summed E-state index contributed by atoms with van der Waals surface area (Å²) in [4.78, 5) is 30.4. The number of hydrogen-bond acceptors (Lipinski definition) is 4. The van der Waals surface area contributed by atoms with E-state index in [4.69, 9.17) is 28.3 Å². The highest BCUT2D eigenvalue weighted by atomic mass is 35.5. The third-order valence-electron chi connectivity index (χ3n) is 4.71. The first-order valence-electron chi connectivity index (χ1n) is 9.40. The number of halogens is 2. The maximum atomic E-state index is 12.5. The number of hydrogen-bond donors (Lipinski definition) is 1. The third kappa shape index (κ3) is 7.09. The van der Waals surface area contributed by atoms with Gasteiger partial charge in [0.15, 0.2) is 0 Å². The van der Waals surface area contributed by atoms with Crippen LogP contribution >= 0.6 is 23.2 Å². The summed E-state index contributed by atoms with van der Waals surface area (Å²) in [5, 5.41) is 9.84. The molecule has 0 unspecified atom stereocenters. The lowest BCUT2D eigenvalue weighted by Gasteiger charge is -2.23. The van der Waals surface area contributed by atoms with Gasteiger partial charge in [0.05, 0.1) is 16.7 Å². The van der Waals surface area contributed by atoms with Gasteiger partial charge in [-0.05, 0) is 43.8 Å². The van der Waals surface area contributed by atoms with E-state index < -0.39 is 0 Å². The monoisotopic (exact) mass is 427 g/mol. The van der Waals surface area contributed by atoms with Gasteiger partial charge in [-0.3, -0.25) is 9.59 Å². The topological polar surface area (TPSA) is 64.1 Å². The Kier molecular flexibility index (Phi) is 9.25. The van der Waals surface area contributed by atoms with Crippen LogP contribution < -0.4 is 0 Å². The molecule has 0 radical (unpaired) electrons. The Morgan fingerprint density at radius 3 is 2.71 bits per heavy atom. The van der Waals surface area contributed by atoms with Crippen molar-refractivity contribution in [3.8, 4) is 0 Å². The molecule has 1 aliphatic heterocycles. The molecule has 0 saturated carbocycles. The number of aliphatic hydroxyl groups excluding tert-OH is 1. The van der Waals surface area contributed by atoms with E-state index >= 15 is 0 Å². The van der Waals surface area contributed by atoms with Crippen molar-refractivity contribution in [3.05, 3.63) is 39.9 Å². The highest BCUT2D eigenvalue weighted by molar-refractivity contribution is 6.42. The van der Waals surface area contributed by atoms with Gasteiger partial charge in [-0.15, -0.1) is 0 Å². The molecule has 0 aliphatic carbocycles. The van der Waals surface area contributed by atoms with E-state index in [1.165, 1.54) is 6.08 Å². The zero-order chi connectivity index (χ0) is 20.5. The van der Waals surface area contributed by atoms with E-state index in [9.17, 15) is 9.59 Å². The quantitative estimate of drug-likeness (QED) is 0.646. The van der Waals surface area contributed by atoms with Crippen LogP contribution in [0.4, 0.5) is 0 Å². The third-order valence-corrected chi connectivity index (χ3v) is 5.45. The van der Waals surface area contributed by atoms with Gasteiger partial charge in [-0.2, -0.15) is 0 Å². The summed E-state index contributed by atoms with van der Waals surface area (Å²) in [6.07, 6.45) is 4.38. The van der Waals surface area contributed by atoms with Gasteiger partial charge in [-0.1, -0.05) is 29.3 Å². The van der Waals surface area contributed by atoms with Crippen molar-refractivity contribution in [1.29, 1.82) is 0 Å². The Labute approximate surface area is 176 Å². The number of likely N-dealkylation sites (N-methyl/N-ethyl adjacent to an activating group) is 1. The minimum Gasteiger partial charge on any atom is -0.395 e. The Morgan fingerprint density at radius 2 is 2.00 bits per heavy atom.